The van der Waals surface area contributed by atoms with Crippen LogP contribution in [0.5, 0.6) is 0 Å². The Hall–Kier alpha value is -0.620. The Morgan fingerprint density at radius 2 is 1.81 bits per heavy atom. The van der Waals surface area contributed by atoms with Crippen LogP contribution in [0.15, 0.2) is 23.1 Å². The molecule has 116 valence electrons. The maximum Gasteiger partial charge on any atom is 0.253 e. The molecule has 7 heteroatoms. The van der Waals surface area contributed by atoms with Gasteiger partial charge in [-0.15, -0.1) is 0 Å². The summed E-state index contributed by atoms with van der Waals surface area (Å²) in [5, 5.41) is -0.619. The van der Waals surface area contributed by atoms with Crippen molar-refractivity contribution in [1.29, 1.82) is 0 Å². The van der Waals surface area contributed by atoms with E-state index in [1.54, 1.807) is 0 Å². The summed E-state index contributed by atoms with van der Waals surface area (Å²) in [6, 6.07) is 4.04. The molecule has 0 saturated carbocycles. The van der Waals surface area contributed by atoms with Crippen LogP contribution in [0.25, 0.3) is 0 Å². The molecule has 1 aromatic carbocycles. The van der Waals surface area contributed by atoms with Crippen LogP contribution in [0.4, 0.5) is 0 Å². The summed E-state index contributed by atoms with van der Waals surface area (Å²) >= 11 is 11.3. The molecule has 1 fully saturated rings. The van der Waals surface area contributed by atoms with E-state index in [-0.39, 0.29) is 15.5 Å². The number of carbonyl (C=O) groups excluding carboxylic acids is 1. The van der Waals surface area contributed by atoms with E-state index in [0.29, 0.717) is 24.9 Å². The number of hydrogen-bond donors (Lipinski definition) is 0. The van der Waals surface area contributed by atoms with Gasteiger partial charge in [-0.05, 0) is 48.1 Å². The molecular weight excluding hydrogens is 333 g/mol. The third-order valence-corrected chi connectivity index (χ3v) is 5.98. The molecule has 1 aliphatic rings. The van der Waals surface area contributed by atoms with E-state index in [4.69, 9.17) is 23.2 Å². The fraction of sp³-hybridized carbons (Fsp3) is 0.500. The highest BCUT2D eigenvalue weighted by molar-refractivity contribution is 7.89. The minimum Gasteiger partial charge on any atom is -0.276 e. The van der Waals surface area contributed by atoms with Crippen molar-refractivity contribution in [3.63, 3.8) is 0 Å². The zero-order valence-corrected chi connectivity index (χ0v) is 14.2. The summed E-state index contributed by atoms with van der Waals surface area (Å²) < 4.78 is 26.9. The van der Waals surface area contributed by atoms with Gasteiger partial charge in [-0.3, -0.25) is 4.79 Å². The summed E-state index contributed by atoms with van der Waals surface area (Å²) in [5.41, 5.74) is 0.0116. The normalized spacial score (nSPS) is 24.0. The predicted molar refractivity (Wildman–Crippen MR) is 83.3 cm³/mol. The lowest BCUT2D eigenvalue weighted by atomic mass is 9.94. The van der Waals surface area contributed by atoms with Crippen molar-refractivity contribution in [2.75, 3.05) is 13.1 Å². The fourth-order valence-electron chi connectivity index (χ4n) is 2.77. The van der Waals surface area contributed by atoms with Crippen LogP contribution in [0.2, 0.25) is 5.02 Å². The molecule has 1 heterocycles. The fourth-order valence-corrected chi connectivity index (χ4v) is 4.88. The first-order valence-electron chi connectivity index (χ1n) is 6.71. The molecule has 0 amide bonds. The minimum absolute atomic E-state index is 0.0116. The number of carbonyl (C=O) groups is 1. The average molecular weight is 350 g/mol. The van der Waals surface area contributed by atoms with E-state index in [1.165, 1.54) is 22.5 Å². The van der Waals surface area contributed by atoms with Crippen molar-refractivity contribution in [2.24, 2.45) is 11.8 Å². The van der Waals surface area contributed by atoms with Crippen molar-refractivity contribution < 1.29 is 13.2 Å². The van der Waals surface area contributed by atoms with Crippen LogP contribution in [0.1, 0.15) is 30.6 Å². The molecule has 1 aromatic rings. The van der Waals surface area contributed by atoms with Gasteiger partial charge in [0.05, 0.1) is 15.5 Å². The summed E-state index contributed by atoms with van der Waals surface area (Å²) in [4.78, 5) is 11.4. The molecule has 2 atom stereocenters. The molecule has 0 aliphatic carbocycles. The molecular formula is C14H17Cl2NO3S. The monoisotopic (exact) mass is 349 g/mol. The smallest absolute Gasteiger partial charge is 0.253 e. The van der Waals surface area contributed by atoms with Crippen molar-refractivity contribution in [3.05, 3.63) is 28.8 Å². The molecule has 1 saturated heterocycles. The van der Waals surface area contributed by atoms with Gasteiger partial charge < -0.3 is 0 Å². The Morgan fingerprint density at radius 3 is 2.33 bits per heavy atom. The van der Waals surface area contributed by atoms with Crippen LogP contribution in [0.3, 0.4) is 0 Å². The molecule has 0 radical (unpaired) electrons. The van der Waals surface area contributed by atoms with Crippen molar-refractivity contribution in [3.8, 4) is 0 Å². The first-order valence-corrected chi connectivity index (χ1v) is 8.91. The van der Waals surface area contributed by atoms with Gasteiger partial charge in [0.25, 0.3) is 5.24 Å². The molecule has 1 aliphatic heterocycles. The van der Waals surface area contributed by atoms with Gasteiger partial charge in [0, 0.05) is 13.1 Å². The molecule has 0 spiro atoms. The summed E-state index contributed by atoms with van der Waals surface area (Å²) in [6.07, 6.45) is 1.01. The van der Waals surface area contributed by atoms with E-state index in [2.05, 4.69) is 0 Å². The van der Waals surface area contributed by atoms with E-state index < -0.39 is 15.3 Å². The van der Waals surface area contributed by atoms with Crippen LogP contribution >= 0.6 is 23.2 Å². The van der Waals surface area contributed by atoms with Gasteiger partial charge in [0.15, 0.2) is 0 Å². The van der Waals surface area contributed by atoms with E-state index in [9.17, 15) is 13.2 Å². The van der Waals surface area contributed by atoms with Gasteiger partial charge in [-0.25, -0.2) is 8.42 Å². The Bertz CT molecular complexity index is 650. The minimum atomic E-state index is -3.64. The quantitative estimate of drug-likeness (QED) is 0.786. The molecule has 0 unspecified atom stereocenters. The Kier molecular flexibility index (Phi) is 4.98. The lowest BCUT2D eigenvalue weighted by molar-refractivity contribution is 0.108. The lowest BCUT2D eigenvalue weighted by Crippen LogP contribution is -2.42. The van der Waals surface area contributed by atoms with Crippen molar-refractivity contribution in [1.82, 2.24) is 4.31 Å². The maximum absolute atomic E-state index is 12.7. The molecule has 21 heavy (non-hydrogen) atoms. The molecule has 0 N–H and O–H groups in total. The SMILES string of the molecule is C[C@@H]1C[C@H](C)CN(S(=O)(=O)c2ccc(Cl)c(C(=O)Cl)c2)C1. The van der Waals surface area contributed by atoms with Gasteiger partial charge in [-0.1, -0.05) is 25.4 Å². The average Bonchev–Trinajstić information content (AvgIpc) is 2.37. The molecule has 4 nitrogen and oxygen atoms in total. The van der Waals surface area contributed by atoms with E-state index in [0.717, 1.165) is 6.42 Å². The molecule has 0 bridgehead atoms. The second-order valence-electron chi connectivity index (χ2n) is 5.68. The third kappa shape index (κ3) is 3.59. The summed E-state index contributed by atoms with van der Waals surface area (Å²) in [6.45, 7) is 5.04. The Morgan fingerprint density at radius 1 is 1.24 bits per heavy atom. The first kappa shape index (κ1) is 16.7. The molecule has 2 rings (SSSR count). The third-order valence-electron chi connectivity index (χ3n) is 3.62. The summed E-state index contributed by atoms with van der Waals surface area (Å²) in [5.74, 6) is 0.620. The molecule has 0 aromatic heterocycles. The highest BCUT2D eigenvalue weighted by atomic mass is 35.5. The Balaban J connectivity index is 2.40. The predicted octanol–water partition coefficient (Wildman–Crippen LogP) is 3.39. The van der Waals surface area contributed by atoms with Gasteiger partial charge >= 0.3 is 0 Å². The number of halogens is 2. The van der Waals surface area contributed by atoms with E-state index in [1.807, 2.05) is 13.8 Å². The first-order chi connectivity index (χ1) is 9.71. The second-order valence-corrected chi connectivity index (χ2v) is 8.37. The Labute approximate surface area is 135 Å². The van der Waals surface area contributed by atoms with E-state index >= 15 is 0 Å². The number of piperidine rings is 1. The standard InChI is InChI=1S/C14H17Cl2NO3S/c1-9-5-10(2)8-17(7-9)21(19,20)11-3-4-13(15)12(6-11)14(16)18/h3-4,6,9-10H,5,7-8H2,1-2H3/t9-,10+. The van der Waals surface area contributed by atoms with Crippen molar-refractivity contribution >= 4 is 38.5 Å². The van der Waals surface area contributed by atoms with Gasteiger partial charge in [0.1, 0.15) is 0 Å². The largest absolute Gasteiger partial charge is 0.276 e. The zero-order valence-electron chi connectivity index (χ0n) is 11.8. The van der Waals surface area contributed by atoms with Crippen LogP contribution in [-0.2, 0) is 10.0 Å². The zero-order chi connectivity index (χ0) is 15.8. The van der Waals surface area contributed by atoms with Gasteiger partial charge in [0.2, 0.25) is 10.0 Å². The maximum atomic E-state index is 12.7. The van der Waals surface area contributed by atoms with Crippen LogP contribution in [0, 0.1) is 11.8 Å². The van der Waals surface area contributed by atoms with Crippen LogP contribution < -0.4 is 0 Å². The second kappa shape index (κ2) is 6.24. The number of sulfonamides is 1. The highest BCUT2D eigenvalue weighted by Gasteiger charge is 2.32. The highest BCUT2D eigenvalue weighted by Crippen LogP contribution is 2.29. The van der Waals surface area contributed by atoms with Crippen molar-refractivity contribution in [2.45, 2.75) is 25.2 Å². The van der Waals surface area contributed by atoms with Crippen LogP contribution in [-0.4, -0.2) is 31.1 Å². The van der Waals surface area contributed by atoms with Gasteiger partial charge in [-0.2, -0.15) is 4.31 Å². The number of benzene rings is 1. The topological polar surface area (TPSA) is 54.5 Å². The number of hydrogen-bond acceptors (Lipinski definition) is 3. The summed E-state index contributed by atoms with van der Waals surface area (Å²) in [7, 11) is -3.64. The lowest BCUT2D eigenvalue weighted by Gasteiger charge is -2.34. The number of rotatable bonds is 3. The number of nitrogens with zero attached hydrogens (tertiary/aromatic N) is 1.